The molecule has 0 saturated carbocycles. The molecule has 0 spiro atoms. The Morgan fingerprint density at radius 3 is 2.11 bits per heavy atom. The SMILES string of the molecule is COc1ccc(-n2nc(C(=O)c3nc4ccccc4s3)c(C(=O)c3ccccc3)c2-c2ccccc2)cc1. The van der Waals surface area contributed by atoms with Crippen LogP contribution in [-0.2, 0) is 0 Å². The second-order valence-corrected chi connectivity index (χ2v) is 9.59. The molecule has 0 aliphatic carbocycles. The first-order valence-electron chi connectivity index (χ1n) is 12.0. The lowest BCUT2D eigenvalue weighted by molar-refractivity contribution is 0.100. The van der Waals surface area contributed by atoms with Gasteiger partial charge in [0.05, 0.1) is 34.3 Å². The number of nitrogens with zero attached hydrogens (tertiary/aromatic N) is 3. The Morgan fingerprint density at radius 2 is 1.42 bits per heavy atom. The maximum absolute atomic E-state index is 14.1. The summed E-state index contributed by atoms with van der Waals surface area (Å²) in [6, 6.07) is 33.4. The molecule has 0 atom stereocenters. The molecule has 0 bridgehead atoms. The number of para-hydroxylation sites is 1. The standard InChI is InChI=1S/C31H21N3O3S/c1-37-23-18-16-22(17-19-23)34-28(20-10-4-2-5-11-20)26(29(35)21-12-6-3-7-13-21)27(33-34)30(36)31-32-24-14-8-9-15-25(24)38-31/h2-19H,1H3. The van der Waals surface area contributed by atoms with E-state index in [-0.39, 0.29) is 22.0 Å². The molecule has 0 amide bonds. The van der Waals surface area contributed by atoms with Crippen LogP contribution in [0, 0.1) is 0 Å². The Hall–Kier alpha value is -4.88. The number of aromatic nitrogens is 3. The minimum atomic E-state index is -0.394. The molecule has 0 aliphatic heterocycles. The number of carbonyl (C=O) groups is 2. The summed E-state index contributed by atoms with van der Waals surface area (Å²) in [4.78, 5) is 32.6. The van der Waals surface area contributed by atoms with E-state index in [1.807, 2.05) is 84.9 Å². The minimum absolute atomic E-state index is 0.0626. The molecule has 38 heavy (non-hydrogen) atoms. The van der Waals surface area contributed by atoms with E-state index in [1.54, 1.807) is 36.1 Å². The van der Waals surface area contributed by atoms with Gasteiger partial charge in [-0.1, -0.05) is 72.8 Å². The summed E-state index contributed by atoms with van der Waals surface area (Å²) in [6.45, 7) is 0. The zero-order valence-corrected chi connectivity index (χ0v) is 21.2. The molecule has 0 N–H and O–H groups in total. The number of rotatable bonds is 7. The third-order valence-electron chi connectivity index (χ3n) is 6.22. The lowest BCUT2D eigenvalue weighted by Gasteiger charge is -2.10. The van der Waals surface area contributed by atoms with Crippen LogP contribution in [0.2, 0.25) is 0 Å². The van der Waals surface area contributed by atoms with Crippen LogP contribution in [-0.4, -0.2) is 33.4 Å². The van der Waals surface area contributed by atoms with E-state index in [9.17, 15) is 9.59 Å². The van der Waals surface area contributed by atoms with Crippen molar-refractivity contribution < 1.29 is 14.3 Å². The third-order valence-corrected chi connectivity index (χ3v) is 7.25. The van der Waals surface area contributed by atoms with Crippen molar-refractivity contribution in [2.45, 2.75) is 0 Å². The molecule has 4 aromatic carbocycles. The Morgan fingerprint density at radius 1 is 0.763 bits per heavy atom. The monoisotopic (exact) mass is 515 g/mol. The van der Waals surface area contributed by atoms with Crippen LogP contribution in [0.3, 0.4) is 0 Å². The first kappa shape index (κ1) is 23.5. The van der Waals surface area contributed by atoms with E-state index in [4.69, 9.17) is 9.84 Å². The van der Waals surface area contributed by atoms with Crippen LogP contribution in [0.5, 0.6) is 5.75 Å². The number of ether oxygens (including phenoxy) is 1. The van der Waals surface area contributed by atoms with Crippen molar-refractivity contribution in [3.63, 3.8) is 0 Å². The van der Waals surface area contributed by atoms with Gasteiger partial charge in [0.2, 0.25) is 5.78 Å². The number of fused-ring (bicyclic) bond motifs is 1. The lowest BCUT2D eigenvalue weighted by atomic mass is 9.96. The van der Waals surface area contributed by atoms with E-state index in [0.29, 0.717) is 22.7 Å². The molecule has 6 nitrogen and oxygen atoms in total. The molecule has 2 heterocycles. The first-order valence-corrected chi connectivity index (χ1v) is 12.8. The summed E-state index contributed by atoms with van der Waals surface area (Å²) in [5, 5.41) is 5.06. The summed E-state index contributed by atoms with van der Waals surface area (Å²) in [5.74, 6) is 0.0112. The van der Waals surface area contributed by atoms with Gasteiger partial charge in [-0.25, -0.2) is 9.67 Å². The Balaban J connectivity index is 1.63. The van der Waals surface area contributed by atoms with E-state index >= 15 is 0 Å². The fourth-order valence-electron chi connectivity index (χ4n) is 4.37. The average Bonchev–Trinajstić information content (AvgIpc) is 3.60. The Bertz CT molecular complexity index is 1740. The first-order chi connectivity index (χ1) is 18.6. The third kappa shape index (κ3) is 4.19. The van der Waals surface area contributed by atoms with Gasteiger partial charge < -0.3 is 4.74 Å². The van der Waals surface area contributed by atoms with Gasteiger partial charge in [-0.05, 0) is 36.4 Å². The number of benzene rings is 4. The van der Waals surface area contributed by atoms with Crippen molar-refractivity contribution >= 4 is 33.1 Å². The van der Waals surface area contributed by atoms with Crippen LogP contribution in [0.4, 0.5) is 0 Å². The topological polar surface area (TPSA) is 74.1 Å². The van der Waals surface area contributed by atoms with Gasteiger partial charge in [0.15, 0.2) is 10.8 Å². The van der Waals surface area contributed by atoms with Crippen LogP contribution in [0.15, 0.2) is 109 Å². The summed E-state index contributed by atoms with van der Waals surface area (Å²) < 4.78 is 7.88. The van der Waals surface area contributed by atoms with Crippen molar-refractivity contribution in [3.8, 4) is 22.7 Å². The molecule has 184 valence electrons. The molecule has 6 rings (SSSR count). The highest BCUT2D eigenvalue weighted by atomic mass is 32.1. The summed E-state index contributed by atoms with van der Waals surface area (Å²) in [6.07, 6.45) is 0. The number of ketones is 2. The Labute approximate surface area is 222 Å². The number of hydrogen-bond acceptors (Lipinski definition) is 6. The minimum Gasteiger partial charge on any atom is -0.497 e. The van der Waals surface area contributed by atoms with Gasteiger partial charge in [0.25, 0.3) is 0 Å². The van der Waals surface area contributed by atoms with Crippen molar-refractivity contribution in [1.82, 2.24) is 14.8 Å². The molecular formula is C31H21N3O3S. The van der Waals surface area contributed by atoms with Crippen LogP contribution >= 0.6 is 11.3 Å². The summed E-state index contributed by atoms with van der Waals surface area (Å²) >= 11 is 1.29. The van der Waals surface area contributed by atoms with Crippen molar-refractivity contribution in [2.24, 2.45) is 0 Å². The van der Waals surface area contributed by atoms with E-state index < -0.39 is 5.78 Å². The van der Waals surface area contributed by atoms with Gasteiger partial charge in [-0.2, -0.15) is 5.10 Å². The number of hydrogen-bond donors (Lipinski definition) is 0. The lowest BCUT2D eigenvalue weighted by Crippen LogP contribution is -2.11. The Kier molecular flexibility index (Phi) is 6.11. The molecule has 0 unspecified atom stereocenters. The highest BCUT2D eigenvalue weighted by Crippen LogP contribution is 2.34. The predicted octanol–water partition coefficient (Wildman–Crippen LogP) is 6.62. The van der Waals surface area contributed by atoms with Gasteiger partial charge in [-0.15, -0.1) is 11.3 Å². The maximum Gasteiger partial charge on any atom is 0.242 e. The van der Waals surface area contributed by atoms with Gasteiger partial charge in [-0.3, -0.25) is 9.59 Å². The fourth-order valence-corrected chi connectivity index (χ4v) is 5.28. The second-order valence-electron chi connectivity index (χ2n) is 8.56. The number of thiazole rings is 1. The molecule has 0 aliphatic rings. The maximum atomic E-state index is 14.1. The molecule has 0 fully saturated rings. The highest BCUT2D eigenvalue weighted by molar-refractivity contribution is 7.20. The van der Waals surface area contributed by atoms with Crippen molar-refractivity contribution in [2.75, 3.05) is 7.11 Å². The zero-order valence-electron chi connectivity index (χ0n) is 20.4. The molecule has 2 aromatic heterocycles. The largest absolute Gasteiger partial charge is 0.497 e. The molecule has 6 aromatic rings. The number of methoxy groups -OCH3 is 1. The molecule has 7 heteroatoms. The van der Waals surface area contributed by atoms with E-state index in [2.05, 4.69) is 4.98 Å². The molecule has 0 saturated heterocycles. The van der Waals surface area contributed by atoms with Gasteiger partial charge >= 0.3 is 0 Å². The van der Waals surface area contributed by atoms with Crippen molar-refractivity contribution in [3.05, 3.63) is 131 Å². The quantitative estimate of drug-likeness (QED) is 0.223. The zero-order chi connectivity index (χ0) is 26.1. The van der Waals surface area contributed by atoms with Crippen LogP contribution < -0.4 is 4.74 Å². The van der Waals surface area contributed by atoms with Gasteiger partial charge in [0, 0.05) is 11.1 Å². The predicted molar refractivity (Wildman–Crippen MR) is 148 cm³/mol. The second kappa shape index (κ2) is 9.88. The van der Waals surface area contributed by atoms with E-state index in [1.165, 1.54) is 11.3 Å². The summed E-state index contributed by atoms with van der Waals surface area (Å²) in [5.41, 5.74) is 3.49. The fraction of sp³-hybridized carbons (Fsp3) is 0.0323. The summed E-state index contributed by atoms with van der Waals surface area (Å²) in [7, 11) is 1.60. The van der Waals surface area contributed by atoms with E-state index in [0.717, 1.165) is 15.8 Å². The normalized spacial score (nSPS) is 11.0. The van der Waals surface area contributed by atoms with Crippen LogP contribution in [0.1, 0.15) is 31.4 Å². The highest BCUT2D eigenvalue weighted by Gasteiger charge is 2.32. The van der Waals surface area contributed by atoms with Gasteiger partial charge in [0.1, 0.15) is 11.4 Å². The molecular weight excluding hydrogens is 494 g/mol. The smallest absolute Gasteiger partial charge is 0.242 e. The molecule has 0 radical (unpaired) electrons. The average molecular weight is 516 g/mol. The number of carbonyl (C=O) groups excluding carboxylic acids is 2. The van der Waals surface area contributed by atoms with Crippen molar-refractivity contribution in [1.29, 1.82) is 0 Å². The van der Waals surface area contributed by atoms with Crippen LogP contribution in [0.25, 0.3) is 27.2 Å².